The molecular formula is C13H14ClNO3. The van der Waals surface area contributed by atoms with Crippen LogP contribution >= 0.6 is 11.6 Å². The molecule has 2 aromatic rings. The highest BCUT2D eigenvalue weighted by Gasteiger charge is 2.00. The van der Waals surface area contributed by atoms with E-state index in [0.29, 0.717) is 13.2 Å². The number of hydrogen-bond donors (Lipinski definition) is 1. The quantitative estimate of drug-likeness (QED) is 0.865. The van der Waals surface area contributed by atoms with Crippen LogP contribution in [0.1, 0.15) is 10.6 Å². The van der Waals surface area contributed by atoms with E-state index >= 15 is 0 Å². The third-order valence-corrected chi connectivity index (χ3v) is 2.03. The second kappa shape index (κ2) is 8.33. The van der Waals surface area contributed by atoms with Gasteiger partial charge in [-0.3, -0.25) is 4.79 Å². The maximum atomic E-state index is 10.2. The van der Waals surface area contributed by atoms with E-state index in [2.05, 4.69) is 4.42 Å². The highest BCUT2D eigenvalue weighted by Crippen LogP contribution is 2.06. The lowest BCUT2D eigenvalue weighted by molar-refractivity contribution is 0.105. The van der Waals surface area contributed by atoms with Crippen molar-refractivity contribution in [1.82, 2.24) is 0 Å². The van der Waals surface area contributed by atoms with E-state index in [4.69, 9.17) is 22.1 Å². The predicted molar refractivity (Wildman–Crippen MR) is 69.9 cm³/mol. The van der Waals surface area contributed by atoms with Gasteiger partial charge in [0, 0.05) is 6.54 Å². The van der Waals surface area contributed by atoms with Crippen LogP contribution in [0.4, 0.5) is 0 Å². The largest absolute Gasteiger partial charge is 0.492 e. The van der Waals surface area contributed by atoms with Crippen LogP contribution in [0.5, 0.6) is 5.75 Å². The summed E-state index contributed by atoms with van der Waals surface area (Å²) in [5, 5.41) is -0.560. The first-order valence-electron chi connectivity index (χ1n) is 5.35. The van der Waals surface area contributed by atoms with Crippen molar-refractivity contribution in [2.24, 2.45) is 5.73 Å². The molecule has 0 saturated carbocycles. The van der Waals surface area contributed by atoms with Gasteiger partial charge in [0.1, 0.15) is 12.4 Å². The van der Waals surface area contributed by atoms with Gasteiger partial charge in [-0.2, -0.15) is 0 Å². The van der Waals surface area contributed by atoms with Gasteiger partial charge in [0.25, 0.3) is 5.24 Å². The minimum Gasteiger partial charge on any atom is -0.492 e. The van der Waals surface area contributed by atoms with Crippen LogP contribution in [0.15, 0.2) is 53.1 Å². The minimum absolute atomic E-state index is 0.187. The SMILES string of the molecule is NCCOc1ccccc1.O=C(Cl)c1ccco1. The Morgan fingerprint density at radius 3 is 2.39 bits per heavy atom. The molecule has 0 unspecified atom stereocenters. The van der Waals surface area contributed by atoms with Crippen molar-refractivity contribution >= 4 is 16.8 Å². The van der Waals surface area contributed by atoms with Gasteiger partial charge in [0.2, 0.25) is 0 Å². The highest BCUT2D eigenvalue weighted by atomic mass is 35.5. The fraction of sp³-hybridized carbons (Fsp3) is 0.154. The Morgan fingerprint density at radius 2 is 1.94 bits per heavy atom. The topological polar surface area (TPSA) is 65.5 Å². The van der Waals surface area contributed by atoms with Crippen molar-refractivity contribution in [3.05, 3.63) is 54.5 Å². The van der Waals surface area contributed by atoms with Crippen LogP contribution in [-0.2, 0) is 0 Å². The first-order chi connectivity index (χ1) is 8.74. The molecule has 5 heteroatoms. The number of rotatable bonds is 4. The molecular weight excluding hydrogens is 254 g/mol. The van der Waals surface area contributed by atoms with E-state index in [1.165, 1.54) is 12.3 Å². The molecule has 0 saturated heterocycles. The molecule has 2 N–H and O–H groups in total. The van der Waals surface area contributed by atoms with E-state index in [-0.39, 0.29) is 5.76 Å². The summed E-state index contributed by atoms with van der Waals surface area (Å²) < 4.78 is 9.84. The second-order valence-corrected chi connectivity index (χ2v) is 3.54. The van der Waals surface area contributed by atoms with Crippen LogP contribution in [0, 0.1) is 0 Å². The maximum absolute atomic E-state index is 10.2. The molecule has 1 aromatic heterocycles. The zero-order chi connectivity index (χ0) is 13.2. The average molecular weight is 268 g/mol. The Labute approximate surface area is 110 Å². The van der Waals surface area contributed by atoms with Gasteiger partial charge in [-0.1, -0.05) is 18.2 Å². The van der Waals surface area contributed by atoms with Crippen LogP contribution in [-0.4, -0.2) is 18.4 Å². The Balaban J connectivity index is 0.000000184. The maximum Gasteiger partial charge on any atom is 0.287 e. The van der Waals surface area contributed by atoms with Gasteiger partial charge < -0.3 is 14.9 Å². The molecule has 1 aromatic carbocycles. The number of nitrogens with two attached hydrogens (primary N) is 1. The molecule has 0 amide bonds. The molecule has 0 bridgehead atoms. The molecule has 0 aliphatic carbocycles. The number of carbonyl (C=O) groups is 1. The van der Waals surface area contributed by atoms with E-state index in [9.17, 15) is 4.79 Å². The molecule has 1 heterocycles. The smallest absolute Gasteiger partial charge is 0.287 e. The summed E-state index contributed by atoms with van der Waals surface area (Å²) >= 11 is 5.01. The lowest BCUT2D eigenvalue weighted by Crippen LogP contribution is -2.10. The molecule has 4 nitrogen and oxygen atoms in total. The minimum atomic E-state index is -0.560. The van der Waals surface area contributed by atoms with Crippen molar-refractivity contribution in [3.63, 3.8) is 0 Å². The van der Waals surface area contributed by atoms with E-state index < -0.39 is 5.24 Å². The van der Waals surface area contributed by atoms with Crippen molar-refractivity contribution in [1.29, 1.82) is 0 Å². The Kier molecular flexibility index (Phi) is 6.61. The average Bonchev–Trinajstić information content (AvgIpc) is 2.92. The lowest BCUT2D eigenvalue weighted by Gasteiger charge is -2.01. The number of carbonyl (C=O) groups excluding carboxylic acids is 1. The Bertz CT molecular complexity index is 443. The first kappa shape index (κ1) is 14.3. The number of hydrogen-bond acceptors (Lipinski definition) is 4. The molecule has 0 aliphatic heterocycles. The van der Waals surface area contributed by atoms with Crippen molar-refractivity contribution in [2.75, 3.05) is 13.2 Å². The van der Waals surface area contributed by atoms with Crippen LogP contribution in [0.3, 0.4) is 0 Å². The molecule has 18 heavy (non-hydrogen) atoms. The fourth-order valence-electron chi connectivity index (χ4n) is 1.08. The van der Waals surface area contributed by atoms with Crippen LogP contribution < -0.4 is 10.5 Å². The zero-order valence-electron chi connectivity index (χ0n) is 9.71. The molecule has 0 spiro atoms. The summed E-state index contributed by atoms with van der Waals surface area (Å²) in [7, 11) is 0. The van der Waals surface area contributed by atoms with E-state index in [1.807, 2.05) is 30.3 Å². The highest BCUT2D eigenvalue weighted by molar-refractivity contribution is 6.67. The third kappa shape index (κ3) is 5.52. The monoisotopic (exact) mass is 267 g/mol. The van der Waals surface area contributed by atoms with Gasteiger partial charge in [0.05, 0.1) is 6.26 Å². The zero-order valence-corrected chi connectivity index (χ0v) is 10.5. The lowest BCUT2D eigenvalue weighted by atomic mass is 10.3. The summed E-state index contributed by atoms with van der Waals surface area (Å²) in [4.78, 5) is 10.2. The van der Waals surface area contributed by atoms with Crippen LogP contribution in [0.2, 0.25) is 0 Å². The molecule has 2 rings (SSSR count). The second-order valence-electron chi connectivity index (χ2n) is 3.20. The standard InChI is InChI=1S/C8H11NO.C5H3ClO2/c9-6-7-10-8-4-2-1-3-5-8;6-5(7)4-2-1-3-8-4/h1-5H,6-7,9H2;1-3H. The predicted octanol–water partition coefficient (Wildman–Crippen LogP) is 2.68. The van der Waals surface area contributed by atoms with E-state index in [0.717, 1.165) is 5.75 Å². The summed E-state index contributed by atoms with van der Waals surface area (Å²) in [6.07, 6.45) is 1.40. The molecule has 0 aliphatic rings. The molecule has 96 valence electrons. The normalized spacial score (nSPS) is 9.22. The van der Waals surface area contributed by atoms with Crippen molar-refractivity contribution in [3.8, 4) is 5.75 Å². The summed E-state index contributed by atoms with van der Waals surface area (Å²) in [5.41, 5.74) is 5.25. The third-order valence-electron chi connectivity index (χ3n) is 1.84. The molecule has 0 fully saturated rings. The number of benzene rings is 1. The van der Waals surface area contributed by atoms with Crippen molar-refractivity contribution < 1.29 is 13.9 Å². The van der Waals surface area contributed by atoms with Gasteiger partial charge in [-0.25, -0.2) is 0 Å². The number of furan rings is 1. The molecule has 0 radical (unpaired) electrons. The fourth-order valence-corrected chi connectivity index (χ4v) is 1.19. The number of para-hydroxylation sites is 1. The van der Waals surface area contributed by atoms with Gasteiger partial charge in [-0.15, -0.1) is 0 Å². The van der Waals surface area contributed by atoms with Crippen LogP contribution in [0.25, 0.3) is 0 Å². The summed E-state index contributed by atoms with van der Waals surface area (Å²) in [6.45, 7) is 1.15. The Hall–Kier alpha value is -1.78. The van der Waals surface area contributed by atoms with Gasteiger partial charge in [0.15, 0.2) is 5.76 Å². The first-order valence-corrected chi connectivity index (χ1v) is 5.73. The molecule has 0 atom stereocenters. The summed E-state index contributed by atoms with van der Waals surface area (Å²) in [5.74, 6) is 1.07. The number of ether oxygens (including phenoxy) is 1. The summed E-state index contributed by atoms with van der Waals surface area (Å²) in [6, 6.07) is 12.8. The van der Waals surface area contributed by atoms with Crippen molar-refractivity contribution in [2.45, 2.75) is 0 Å². The van der Waals surface area contributed by atoms with Gasteiger partial charge >= 0.3 is 0 Å². The van der Waals surface area contributed by atoms with E-state index in [1.54, 1.807) is 6.07 Å². The Morgan fingerprint density at radius 1 is 1.22 bits per heavy atom. The van der Waals surface area contributed by atoms with Gasteiger partial charge in [-0.05, 0) is 35.9 Å². The number of halogens is 1.